The minimum absolute atomic E-state index is 0.0638. The van der Waals surface area contributed by atoms with Crippen LogP contribution in [-0.4, -0.2) is 17.8 Å². The second-order valence-electron chi connectivity index (χ2n) is 4.88. The van der Waals surface area contributed by atoms with E-state index < -0.39 is 11.6 Å². The predicted molar refractivity (Wildman–Crippen MR) is 74.5 cm³/mol. The molecule has 0 aliphatic carbocycles. The first-order valence-corrected chi connectivity index (χ1v) is 6.46. The van der Waals surface area contributed by atoms with Crippen LogP contribution in [0, 0.1) is 11.6 Å². The molecule has 0 bridgehead atoms. The largest absolute Gasteiger partial charge is 0.292 e. The van der Waals surface area contributed by atoms with Crippen LogP contribution < -0.4 is 0 Å². The predicted octanol–water partition coefficient (Wildman–Crippen LogP) is 3.75. The van der Waals surface area contributed by atoms with Crippen molar-refractivity contribution >= 4 is 5.71 Å². The summed E-state index contributed by atoms with van der Waals surface area (Å²) in [6.07, 6.45) is 0.570. The molecule has 3 rings (SSSR count). The van der Waals surface area contributed by atoms with Gasteiger partial charge in [0.1, 0.15) is 11.6 Å². The summed E-state index contributed by atoms with van der Waals surface area (Å²) in [7, 11) is 1.85. The van der Waals surface area contributed by atoms with Crippen molar-refractivity contribution in [3.8, 4) is 0 Å². The molecule has 2 nitrogen and oxygen atoms in total. The van der Waals surface area contributed by atoms with Gasteiger partial charge in [0.15, 0.2) is 0 Å². The lowest BCUT2D eigenvalue weighted by molar-refractivity contribution is 0.290. The van der Waals surface area contributed by atoms with Crippen molar-refractivity contribution < 1.29 is 8.78 Å². The van der Waals surface area contributed by atoms with Crippen molar-refractivity contribution in [2.75, 3.05) is 7.05 Å². The molecule has 0 amide bonds. The number of nitrogens with zero attached hydrogens (tertiary/aromatic N) is 2. The van der Waals surface area contributed by atoms with Gasteiger partial charge in [0.05, 0.1) is 11.8 Å². The van der Waals surface area contributed by atoms with Crippen LogP contribution in [0.25, 0.3) is 0 Å². The number of halogens is 2. The van der Waals surface area contributed by atoms with Crippen LogP contribution in [-0.2, 0) is 0 Å². The lowest BCUT2D eigenvalue weighted by Gasteiger charge is -2.18. The molecule has 0 fully saturated rings. The maximum Gasteiger partial charge on any atom is 0.132 e. The monoisotopic (exact) mass is 272 g/mol. The molecule has 0 saturated heterocycles. The molecule has 1 aliphatic heterocycles. The fourth-order valence-corrected chi connectivity index (χ4v) is 2.51. The third-order valence-corrected chi connectivity index (χ3v) is 3.54. The Bertz CT molecular complexity index is 653. The first-order valence-electron chi connectivity index (χ1n) is 6.46. The Morgan fingerprint density at radius 2 is 1.85 bits per heavy atom. The van der Waals surface area contributed by atoms with Gasteiger partial charge in [-0.1, -0.05) is 30.3 Å². The maximum absolute atomic E-state index is 13.8. The molecule has 1 heterocycles. The van der Waals surface area contributed by atoms with E-state index >= 15 is 0 Å². The van der Waals surface area contributed by atoms with Crippen LogP contribution in [0.15, 0.2) is 53.6 Å². The summed E-state index contributed by atoms with van der Waals surface area (Å²) in [5.41, 5.74) is 1.94. The third kappa shape index (κ3) is 2.29. The van der Waals surface area contributed by atoms with E-state index in [1.165, 1.54) is 6.07 Å². The van der Waals surface area contributed by atoms with Crippen molar-refractivity contribution in [2.24, 2.45) is 5.10 Å². The van der Waals surface area contributed by atoms with E-state index in [-0.39, 0.29) is 11.6 Å². The number of hydrogen-bond donors (Lipinski definition) is 0. The Balaban J connectivity index is 1.91. The second-order valence-corrected chi connectivity index (χ2v) is 4.88. The zero-order valence-electron chi connectivity index (χ0n) is 11.1. The molecular weight excluding hydrogens is 258 g/mol. The maximum atomic E-state index is 13.8. The topological polar surface area (TPSA) is 15.6 Å². The molecule has 102 valence electrons. The van der Waals surface area contributed by atoms with Crippen molar-refractivity contribution in [1.29, 1.82) is 0 Å². The minimum Gasteiger partial charge on any atom is -0.292 e. The highest BCUT2D eigenvalue weighted by Crippen LogP contribution is 2.31. The van der Waals surface area contributed by atoms with Gasteiger partial charge in [0.25, 0.3) is 0 Å². The first-order chi connectivity index (χ1) is 9.65. The summed E-state index contributed by atoms with van der Waals surface area (Å²) in [6, 6.07) is 13.4. The van der Waals surface area contributed by atoms with Crippen molar-refractivity contribution in [2.45, 2.75) is 12.5 Å². The summed E-state index contributed by atoms with van der Waals surface area (Å²) in [4.78, 5) is 0. The molecule has 2 aromatic carbocycles. The summed E-state index contributed by atoms with van der Waals surface area (Å²) in [5, 5.41) is 6.16. The van der Waals surface area contributed by atoms with E-state index in [0.717, 1.165) is 17.7 Å². The highest BCUT2D eigenvalue weighted by molar-refractivity contribution is 6.02. The van der Waals surface area contributed by atoms with Crippen molar-refractivity contribution in [1.82, 2.24) is 5.01 Å². The molecule has 1 aliphatic rings. The lowest BCUT2D eigenvalue weighted by atomic mass is 9.98. The average Bonchev–Trinajstić information content (AvgIpc) is 2.84. The number of hydrogen-bond acceptors (Lipinski definition) is 2. The van der Waals surface area contributed by atoms with E-state index in [1.54, 1.807) is 5.01 Å². The van der Waals surface area contributed by atoms with E-state index in [2.05, 4.69) is 5.10 Å². The normalized spacial score (nSPS) is 18.2. The number of rotatable bonds is 2. The fourth-order valence-electron chi connectivity index (χ4n) is 2.51. The van der Waals surface area contributed by atoms with Crippen LogP contribution in [0.3, 0.4) is 0 Å². The lowest BCUT2D eigenvalue weighted by Crippen LogP contribution is -2.13. The average molecular weight is 272 g/mol. The smallest absolute Gasteiger partial charge is 0.132 e. The Morgan fingerprint density at radius 1 is 1.10 bits per heavy atom. The van der Waals surface area contributed by atoms with Gasteiger partial charge in [-0.25, -0.2) is 8.78 Å². The summed E-state index contributed by atoms with van der Waals surface area (Å²) < 4.78 is 27.1. The van der Waals surface area contributed by atoms with Crippen LogP contribution in [0.2, 0.25) is 0 Å². The molecular formula is C16H14F2N2. The van der Waals surface area contributed by atoms with Crippen molar-refractivity contribution in [3.63, 3.8) is 0 Å². The molecule has 0 N–H and O–H groups in total. The van der Waals surface area contributed by atoms with Crippen LogP contribution in [0.4, 0.5) is 8.78 Å². The standard InChI is InChI=1S/C16H14F2N2/c1-20-16(11-5-3-2-4-6-11)10-15(19-20)13-9-12(17)7-8-14(13)18/h2-9,16H,10H2,1H3. The summed E-state index contributed by atoms with van der Waals surface area (Å²) in [5.74, 6) is -0.887. The van der Waals surface area contributed by atoms with Crippen LogP contribution in [0.5, 0.6) is 0 Å². The molecule has 20 heavy (non-hydrogen) atoms. The number of benzene rings is 2. The molecule has 1 atom stereocenters. The fraction of sp³-hybridized carbons (Fsp3) is 0.188. The molecule has 2 aromatic rings. The van der Waals surface area contributed by atoms with Crippen LogP contribution in [0.1, 0.15) is 23.6 Å². The minimum atomic E-state index is -0.449. The second kappa shape index (κ2) is 5.04. The molecule has 0 spiro atoms. The quantitative estimate of drug-likeness (QED) is 0.813. The Labute approximate surface area is 116 Å². The summed E-state index contributed by atoms with van der Waals surface area (Å²) >= 11 is 0. The van der Waals surface area contributed by atoms with Gasteiger partial charge >= 0.3 is 0 Å². The molecule has 0 aromatic heterocycles. The van der Waals surface area contributed by atoms with Gasteiger partial charge < -0.3 is 0 Å². The van der Waals surface area contributed by atoms with Crippen molar-refractivity contribution in [3.05, 3.63) is 71.3 Å². The Hall–Kier alpha value is -2.23. The van der Waals surface area contributed by atoms with Gasteiger partial charge in [0.2, 0.25) is 0 Å². The zero-order valence-corrected chi connectivity index (χ0v) is 11.1. The Kier molecular flexibility index (Phi) is 3.22. The zero-order chi connectivity index (χ0) is 14.1. The molecule has 4 heteroatoms. The Morgan fingerprint density at radius 3 is 2.60 bits per heavy atom. The first kappa shape index (κ1) is 12.8. The van der Waals surface area contributed by atoms with Gasteiger partial charge in [-0.05, 0) is 23.8 Å². The highest BCUT2D eigenvalue weighted by atomic mass is 19.1. The van der Waals surface area contributed by atoms with E-state index in [4.69, 9.17) is 0 Å². The SMILES string of the molecule is CN1N=C(c2cc(F)ccc2F)CC1c1ccccc1. The van der Waals surface area contributed by atoms with E-state index in [0.29, 0.717) is 12.1 Å². The number of hydrazone groups is 1. The highest BCUT2D eigenvalue weighted by Gasteiger charge is 2.27. The molecule has 0 saturated carbocycles. The van der Waals surface area contributed by atoms with Gasteiger partial charge in [0, 0.05) is 19.0 Å². The van der Waals surface area contributed by atoms with Gasteiger partial charge in [-0.15, -0.1) is 0 Å². The third-order valence-electron chi connectivity index (χ3n) is 3.54. The van der Waals surface area contributed by atoms with Gasteiger partial charge in [-0.3, -0.25) is 5.01 Å². The molecule has 0 radical (unpaired) electrons. The summed E-state index contributed by atoms with van der Waals surface area (Å²) in [6.45, 7) is 0. The van der Waals surface area contributed by atoms with Gasteiger partial charge in [-0.2, -0.15) is 5.10 Å². The van der Waals surface area contributed by atoms with Crippen LogP contribution >= 0.6 is 0 Å². The van der Waals surface area contributed by atoms with E-state index in [9.17, 15) is 8.78 Å². The van der Waals surface area contributed by atoms with E-state index in [1.807, 2.05) is 37.4 Å². The molecule has 1 unspecified atom stereocenters.